The average molecular weight is 570 g/mol. The van der Waals surface area contributed by atoms with Crippen molar-refractivity contribution in [2.24, 2.45) is 24.6 Å². The van der Waals surface area contributed by atoms with Crippen LogP contribution < -0.4 is 15.4 Å². The summed E-state index contributed by atoms with van der Waals surface area (Å²) < 4.78 is 10.3. The number of nitrogens with two attached hydrogens (primary N) is 1. The van der Waals surface area contributed by atoms with Gasteiger partial charge in [-0.2, -0.15) is 0 Å². The number of hydrogen-bond acceptors (Lipinski definition) is 7. The number of pyridine rings is 1. The second-order valence-electron chi connectivity index (χ2n) is 12.9. The van der Waals surface area contributed by atoms with Crippen molar-refractivity contribution in [3.63, 3.8) is 0 Å². The van der Waals surface area contributed by atoms with Crippen LogP contribution in [0.15, 0.2) is 30.3 Å². The van der Waals surface area contributed by atoms with Gasteiger partial charge in [-0.25, -0.2) is 9.97 Å². The third-order valence-corrected chi connectivity index (χ3v) is 10.2. The molecule has 2 unspecified atom stereocenters. The van der Waals surface area contributed by atoms with E-state index in [1.807, 2.05) is 24.1 Å². The molecule has 4 aromatic rings. The zero-order valence-electron chi connectivity index (χ0n) is 24.4. The maximum atomic E-state index is 13.7. The third kappa shape index (κ3) is 4.10. The van der Waals surface area contributed by atoms with Crippen LogP contribution in [0, 0.1) is 11.8 Å². The maximum absolute atomic E-state index is 13.7. The Morgan fingerprint density at radius 1 is 1.07 bits per heavy atom. The fraction of sp³-hybridized carbons (Fsp3) is 0.531. The fourth-order valence-corrected chi connectivity index (χ4v) is 7.58. The highest BCUT2D eigenvalue weighted by Crippen LogP contribution is 2.40. The highest BCUT2D eigenvalue weighted by molar-refractivity contribution is 6.00. The van der Waals surface area contributed by atoms with E-state index in [1.165, 1.54) is 12.8 Å². The van der Waals surface area contributed by atoms with Crippen molar-refractivity contribution in [3.8, 4) is 17.3 Å². The molecule has 3 N–H and O–H groups in total. The van der Waals surface area contributed by atoms with Gasteiger partial charge in [0.25, 0.3) is 5.91 Å². The topological polar surface area (TPSA) is 115 Å². The van der Waals surface area contributed by atoms with E-state index in [4.69, 9.17) is 20.4 Å². The van der Waals surface area contributed by atoms with Crippen molar-refractivity contribution in [2.45, 2.75) is 63.3 Å². The number of carbonyl (C=O) groups is 1. The number of carbonyl (C=O) groups excluding carboxylic acids is 1. The smallest absolute Gasteiger partial charge is 0.254 e. The van der Waals surface area contributed by atoms with Gasteiger partial charge >= 0.3 is 0 Å². The average Bonchev–Trinajstić information content (AvgIpc) is 3.41. The zero-order valence-corrected chi connectivity index (χ0v) is 24.4. The van der Waals surface area contributed by atoms with Crippen LogP contribution in [0.3, 0.4) is 0 Å². The Morgan fingerprint density at radius 2 is 1.88 bits per heavy atom. The van der Waals surface area contributed by atoms with E-state index >= 15 is 0 Å². The van der Waals surface area contributed by atoms with Crippen molar-refractivity contribution in [3.05, 3.63) is 35.9 Å². The lowest BCUT2D eigenvalue weighted by atomic mass is 10.1. The minimum Gasteiger partial charge on any atom is -0.494 e. The molecule has 0 radical (unpaired) electrons. The van der Waals surface area contributed by atoms with E-state index in [-0.39, 0.29) is 24.1 Å². The fourth-order valence-electron chi connectivity index (χ4n) is 7.58. The Kier molecular flexibility index (Phi) is 6.01. The number of rotatable bonds is 6. The summed E-state index contributed by atoms with van der Waals surface area (Å²) in [5.74, 6) is 3.48. The van der Waals surface area contributed by atoms with Crippen molar-refractivity contribution >= 4 is 33.8 Å². The predicted molar refractivity (Wildman–Crippen MR) is 162 cm³/mol. The first-order valence-corrected chi connectivity index (χ1v) is 15.4. The van der Waals surface area contributed by atoms with Crippen LogP contribution in [-0.4, -0.2) is 79.9 Å². The molecule has 3 aromatic heterocycles. The first kappa shape index (κ1) is 26.0. The summed E-state index contributed by atoms with van der Waals surface area (Å²) in [5.41, 5.74) is 10.6. The minimum atomic E-state index is -0.219. The van der Waals surface area contributed by atoms with Crippen molar-refractivity contribution in [2.75, 3.05) is 31.6 Å². The summed E-state index contributed by atoms with van der Waals surface area (Å²) in [6.45, 7) is 3.25. The molecule has 1 aromatic carbocycles. The number of amides is 1. The van der Waals surface area contributed by atoms with E-state index in [9.17, 15) is 9.90 Å². The summed E-state index contributed by atoms with van der Waals surface area (Å²) in [5, 5.41) is 11.1. The molecule has 4 fully saturated rings. The lowest BCUT2D eigenvalue weighted by Gasteiger charge is -2.30. The normalized spacial score (nSPS) is 24.4. The molecule has 42 heavy (non-hydrogen) atoms. The van der Waals surface area contributed by atoms with Gasteiger partial charge in [0.2, 0.25) is 0 Å². The number of imidazole rings is 1. The Morgan fingerprint density at radius 3 is 2.57 bits per heavy atom. The number of likely N-dealkylation sites (tertiary alicyclic amines) is 1. The highest BCUT2D eigenvalue weighted by atomic mass is 16.5. The standard InChI is InChI=1S/C32H39N7O3/c1-36-29-23(13-21(15-26(29)42-2)32(41)39-17-20-5-7-24(39)28(20)33)34-31(36)25-14-19-6-8-27(37-11-9-22(40)10-12-37)35-30(19)38(25)16-18-3-4-18/h6,8,13-15,18,20,22,24,28,40H,3-5,7,9-12,16-17,33H2,1-2H3/t20?,24?,28-/m1/s1. The van der Waals surface area contributed by atoms with E-state index in [1.54, 1.807) is 7.11 Å². The van der Waals surface area contributed by atoms with Crippen LogP contribution in [-0.2, 0) is 13.6 Å². The quantitative estimate of drug-likeness (QED) is 0.365. The number of anilines is 1. The number of aromatic nitrogens is 4. The minimum absolute atomic E-state index is 0.00913. The van der Waals surface area contributed by atoms with Gasteiger partial charge in [0, 0.05) is 56.3 Å². The molecule has 220 valence electrons. The second-order valence-corrected chi connectivity index (χ2v) is 12.9. The predicted octanol–water partition coefficient (Wildman–Crippen LogP) is 3.53. The molecule has 8 rings (SSSR count). The van der Waals surface area contributed by atoms with Crippen LogP contribution in [0.1, 0.15) is 48.9 Å². The van der Waals surface area contributed by atoms with Gasteiger partial charge in [-0.15, -0.1) is 0 Å². The van der Waals surface area contributed by atoms with Crippen LogP contribution in [0.25, 0.3) is 33.6 Å². The molecule has 5 heterocycles. The molecule has 2 saturated carbocycles. The number of piperidine rings is 2. The molecule has 2 aliphatic heterocycles. The molecular formula is C32H39N7O3. The maximum Gasteiger partial charge on any atom is 0.254 e. The number of benzene rings is 1. The van der Waals surface area contributed by atoms with Gasteiger partial charge in [-0.1, -0.05) is 0 Å². The zero-order chi connectivity index (χ0) is 28.7. The number of methoxy groups -OCH3 is 1. The monoisotopic (exact) mass is 569 g/mol. The van der Waals surface area contributed by atoms with E-state index in [0.717, 1.165) is 91.3 Å². The number of aliphatic hydroxyl groups is 1. The Labute approximate surface area is 245 Å². The third-order valence-electron chi connectivity index (χ3n) is 10.2. The van der Waals surface area contributed by atoms with Crippen LogP contribution in [0.5, 0.6) is 5.75 Å². The molecule has 3 atom stereocenters. The van der Waals surface area contributed by atoms with Crippen molar-refractivity contribution in [1.29, 1.82) is 0 Å². The number of hydrogen-bond donors (Lipinski definition) is 2. The number of fused-ring (bicyclic) bond motifs is 4. The number of nitrogens with zero attached hydrogens (tertiary/aromatic N) is 6. The lowest BCUT2D eigenvalue weighted by Crippen LogP contribution is -2.41. The molecule has 4 aliphatic rings. The molecule has 1 amide bonds. The van der Waals surface area contributed by atoms with E-state index in [2.05, 4.69) is 32.2 Å². The van der Waals surface area contributed by atoms with Crippen LogP contribution in [0.4, 0.5) is 5.82 Å². The molecular weight excluding hydrogens is 530 g/mol. The summed E-state index contributed by atoms with van der Waals surface area (Å²) >= 11 is 0. The molecule has 2 bridgehead atoms. The number of ether oxygens (including phenoxy) is 1. The van der Waals surface area contributed by atoms with E-state index < -0.39 is 0 Å². The Bertz CT molecular complexity index is 1700. The van der Waals surface area contributed by atoms with Crippen LogP contribution in [0.2, 0.25) is 0 Å². The molecule has 2 aliphatic carbocycles. The number of aryl methyl sites for hydroxylation is 1. The summed E-state index contributed by atoms with van der Waals surface area (Å²) in [6, 6.07) is 10.4. The van der Waals surface area contributed by atoms with Gasteiger partial charge in [0.1, 0.15) is 22.7 Å². The number of aliphatic hydroxyl groups excluding tert-OH is 1. The van der Waals surface area contributed by atoms with Crippen molar-refractivity contribution < 1.29 is 14.6 Å². The Hall–Kier alpha value is -3.63. The van der Waals surface area contributed by atoms with Gasteiger partial charge < -0.3 is 34.5 Å². The first-order valence-electron chi connectivity index (χ1n) is 15.4. The van der Waals surface area contributed by atoms with Crippen molar-refractivity contribution in [1.82, 2.24) is 24.0 Å². The summed E-state index contributed by atoms with van der Waals surface area (Å²) in [6.07, 6.45) is 5.86. The summed E-state index contributed by atoms with van der Waals surface area (Å²) in [7, 11) is 3.67. The van der Waals surface area contributed by atoms with Gasteiger partial charge in [-0.05, 0) is 80.7 Å². The molecule has 10 heteroatoms. The summed E-state index contributed by atoms with van der Waals surface area (Å²) in [4.78, 5) is 28.2. The molecule has 2 saturated heterocycles. The molecule has 0 spiro atoms. The lowest BCUT2D eigenvalue weighted by molar-refractivity contribution is 0.0700. The largest absolute Gasteiger partial charge is 0.494 e. The second kappa shape index (κ2) is 9.70. The SMILES string of the molecule is COc1cc(C(=O)N2CC3CCC2[C@@H]3N)cc2nc(-c3cc4ccc(N5CCC(O)CC5)nc4n3CC3CC3)n(C)c12. The highest BCUT2D eigenvalue weighted by Gasteiger charge is 2.47. The van der Waals surface area contributed by atoms with Gasteiger partial charge in [0.05, 0.1) is 24.4 Å². The molecule has 10 nitrogen and oxygen atoms in total. The first-order chi connectivity index (χ1) is 20.4. The Balaban J connectivity index is 1.21. The van der Waals surface area contributed by atoms with Crippen LogP contribution >= 0.6 is 0 Å². The van der Waals surface area contributed by atoms with Gasteiger partial charge in [0.15, 0.2) is 5.82 Å². The van der Waals surface area contributed by atoms with E-state index in [0.29, 0.717) is 23.1 Å². The van der Waals surface area contributed by atoms with Gasteiger partial charge in [-0.3, -0.25) is 4.79 Å².